The van der Waals surface area contributed by atoms with Gasteiger partial charge in [-0.3, -0.25) is 4.79 Å². The van der Waals surface area contributed by atoms with E-state index in [2.05, 4.69) is 18.2 Å². The monoisotopic (exact) mass is 268 g/mol. The van der Waals surface area contributed by atoms with Crippen LogP contribution in [-0.2, 0) is 12.8 Å². The molecule has 2 saturated carbocycles. The van der Waals surface area contributed by atoms with Crippen molar-refractivity contribution in [3.8, 4) is 0 Å². The third kappa shape index (κ3) is 2.21. The molecule has 0 radical (unpaired) electrons. The van der Waals surface area contributed by atoms with Crippen LogP contribution in [0.25, 0.3) is 0 Å². The molecule has 1 heteroatoms. The van der Waals surface area contributed by atoms with Gasteiger partial charge in [0.05, 0.1) is 0 Å². The Morgan fingerprint density at radius 2 is 1.90 bits per heavy atom. The average molecular weight is 268 g/mol. The fraction of sp³-hybridized carbons (Fsp3) is 0.632. The molecule has 0 aliphatic heterocycles. The fourth-order valence-corrected chi connectivity index (χ4v) is 4.89. The SMILES string of the molecule is O=C(CC1CC2CCC1C2)c1ccc2c(c1)CCCC2. The van der Waals surface area contributed by atoms with Crippen molar-refractivity contribution in [2.45, 2.75) is 57.8 Å². The van der Waals surface area contributed by atoms with E-state index in [1.165, 1.54) is 62.5 Å². The predicted octanol–water partition coefficient (Wildman–Crippen LogP) is 4.57. The van der Waals surface area contributed by atoms with E-state index < -0.39 is 0 Å². The number of carbonyl (C=O) groups is 1. The summed E-state index contributed by atoms with van der Waals surface area (Å²) in [4.78, 5) is 12.6. The van der Waals surface area contributed by atoms with Gasteiger partial charge in [0.1, 0.15) is 0 Å². The van der Waals surface area contributed by atoms with Gasteiger partial charge in [-0.25, -0.2) is 0 Å². The Morgan fingerprint density at radius 1 is 1.05 bits per heavy atom. The molecule has 2 fully saturated rings. The molecule has 0 saturated heterocycles. The summed E-state index contributed by atoms with van der Waals surface area (Å²) < 4.78 is 0. The third-order valence-electron chi connectivity index (χ3n) is 6.00. The molecule has 3 aliphatic carbocycles. The van der Waals surface area contributed by atoms with Gasteiger partial charge in [-0.15, -0.1) is 0 Å². The van der Waals surface area contributed by atoms with E-state index in [1.54, 1.807) is 0 Å². The molecule has 1 aromatic rings. The van der Waals surface area contributed by atoms with E-state index in [9.17, 15) is 4.79 Å². The van der Waals surface area contributed by atoms with Crippen LogP contribution in [-0.4, -0.2) is 5.78 Å². The summed E-state index contributed by atoms with van der Waals surface area (Å²) in [7, 11) is 0. The molecular weight excluding hydrogens is 244 g/mol. The van der Waals surface area contributed by atoms with E-state index in [-0.39, 0.29) is 0 Å². The maximum absolute atomic E-state index is 12.6. The van der Waals surface area contributed by atoms with Gasteiger partial charge in [0.15, 0.2) is 5.78 Å². The first-order chi connectivity index (χ1) is 9.79. The lowest BCUT2D eigenvalue weighted by molar-refractivity contribution is 0.0944. The molecule has 0 amide bonds. The number of Topliss-reactive ketones (excluding diaryl/α,β-unsaturated/α-hetero) is 1. The smallest absolute Gasteiger partial charge is 0.163 e. The molecule has 3 aliphatic rings. The van der Waals surface area contributed by atoms with E-state index in [0.29, 0.717) is 11.7 Å². The maximum Gasteiger partial charge on any atom is 0.163 e. The number of benzene rings is 1. The van der Waals surface area contributed by atoms with Gasteiger partial charge < -0.3 is 0 Å². The van der Waals surface area contributed by atoms with Crippen molar-refractivity contribution in [1.82, 2.24) is 0 Å². The highest BCUT2D eigenvalue weighted by molar-refractivity contribution is 5.96. The molecule has 0 N–H and O–H groups in total. The minimum absolute atomic E-state index is 0.399. The van der Waals surface area contributed by atoms with Crippen LogP contribution in [0.15, 0.2) is 18.2 Å². The highest BCUT2D eigenvalue weighted by atomic mass is 16.1. The van der Waals surface area contributed by atoms with E-state index >= 15 is 0 Å². The van der Waals surface area contributed by atoms with Crippen molar-refractivity contribution < 1.29 is 4.79 Å². The molecule has 4 rings (SSSR count). The van der Waals surface area contributed by atoms with Gasteiger partial charge in [-0.2, -0.15) is 0 Å². The number of ketones is 1. The number of hydrogen-bond acceptors (Lipinski definition) is 1. The molecule has 0 heterocycles. The largest absolute Gasteiger partial charge is 0.294 e. The minimum atomic E-state index is 0.399. The summed E-state index contributed by atoms with van der Waals surface area (Å²) in [5, 5.41) is 0. The summed E-state index contributed by atoms with van der Waals surface area (Å²) in [6.45, 7) is 0. The zero-order chi connectivity index (χ0) is 13.5. The van der Waals surface area contributed by atoms with Crippen molar-refractivity contribution in [2.24, 2.45) is 17.8 Å². The van der Waals surface area contributed by atoms with Crippen molar-refractivity contribution >= 4 is 5.78 Å². The van der Waals surface area contributed by atoms with Gasteiger partial charge in [0.25, 0.3) is 0 Å². The molecule has 20 heavy (non-hydrogen) atoms. The topological polar surface area (TPSA) is 17.1 Å². The van der Waals surface area contributed by atoms with Crippen LogP contribution in [0.3, 0.4) is 0 Å². The zero-order valence-electron chi connectivity index (χ0n) is 12.2. The Hall–Kier alpha value is -1.11. The molecular formula is C19H24O. The van der Waals surface area contributed by atoms with Crippen LogP contribution < -0.4 is 0 Å². The van der Waals surface area contributed by atoms with Gasteiger partial charge in [-0.05, 0) is 79.9 Å². The molecule has 3 unspecified atom stereocenters. The van der Waals surface area contributed by atoms with Gasteiger partial charge >= 0.3 is 0 Å². The number of hydrogen-bond donors (Lipinski definition) is 0. The molecule has 106 valence electrons. The normalized spacial score (nSPS) is 31.3. The van der Waals surface area contributed by atoms with E-state index in [0.717, 1.165) is 23.8 Å². The van der Waals surface area contributed by atoms with Crippen molar-refractivity contribution in [2.75, 3.05) is 0 Å². The molecule has 3 atom stereocenters. The average Bonchev–Trinajstić information content (AvgIpc) is 3.09. The summed E-state index contributed by atoms with van der Waals surface area (Å²) in [5.41, 5.74) is 3.90. The highest BCUT2D eigenvalue weighted by Gasteiger charge is 2.40. The number of rotatable bonds is 3. The number of carbonyl (C=O) groups excluding carboxylic acids is 1. The Balaban J connectivity index is 1.48. The van der Waals surface area contributed by atoms with Crippen molar-refractivity contribution in [3.05, 3.63) is 34.9 Å². The highest BCUT2D eigenvalue weighted by Crippen LogP contribution is 2.49. The Morgan fingerprint density at radius 3 is 2.65 bits per heavy atom. The van der Waals surface area contributed by atoms with Crippen LogP contribution >= 0.6 is 0 Å². The first-order valence-corrected chi connectivity index (χ1v) is 8.44. The standard InChI is InChI=1S/C19H24O/c20-19(12-18-10-13-5-6-16(18)9-13)17-8-7-14-3-1-2-4-15(14)11-17/h7-8,11,13,16,18H,1-6,9-10,12H2. The van der Waals surface area contributed by atoms with Crippen LogP contribution in [0, 0.1) is 17.8 Å². The molecule has 2 bridgehead atoms. The second-order valence-corrected chi connectivity index (χ2v) is 7.25. The predicted molar refractivity (Wildman–Crippen MR) is 81.0 cm³/mol. The first kappa shape index (κ1) is 12.6. The van der Waals surface area contributed by atoms with E-state index in [4.69, 9.17) is 0 Å². The second kappa shape index (κ2) is 5.02. The van der Waals surface area contributed by atoms with Crippen molar-refractivity contribution in [1.29, 1.82) is 0 Å². The quantitative estimate of drug-likeness (QED) is 0.734. The van der Waals surface area contributed by atoms with Crippen LogP contribution in [0.2, 0.25) is 0 Å². The van der Waals surface area contributed by atoms with Crippen molar-refractivity contribution in [3.63, 3.8) is 0 Å². The Kier molecular flexibility index (Phi) is 3.17. The van der Waals surface area contributed by atoms with Crippen LogP contribution in [0.5, 0.6) is 0 Å². The lowest BCUT2D eigenvalue weighted by Gasteiger charge is -2.21. The molecule has 0 aromatic heterocycles. The maximum atomic E-state index is 12.6. The van der Waals surface area contributed by atoms with Gasteiger partial charge in [-0.1, -0.05) is 18.6 Å². The summed E-state index contributed by atoms with van der Waals surface area (Å²) >= 11 is 0. The second-order valence-electron chi connectivity index (χ2n) is 7.25. The summed E-state index contributed by atoms with van der Waals surface area (Å²) in [6, 6.07) is 6.49. The number of aryl methyl sites for hydroxylation is 2. The number of fused-ring (bicyclic) bond motifs is 3. The first-order valence-electron chi connectivity index (χ1n) is 8.44. The van der Waals surface area contributed by atoms with Gasteiger partial charge in [0, 0.05) is 12.0 Å². The van der Waals surface area contributed by atoms with E-state index in [1.807, 2.05) is 0 Å². The van der Waals surface area contributed by atoms with Crippen LogP contribution in [0.1, 0.15) is 66.4 Å². The summed E-state index contributed by atoms with van der Waals surface area (Å²) in [5.74, 6) is 2.90. The fourth-order valence-electron chi connectivity index (χ4n) is 4.89. The zero-order valence-corrected chi connectivity index (χ0v) is 12.2. The lowest BCUT2D eigenvalue weighted by Crippen LogP contribution is -2.16. The molecule has 0 spiro atoms. The van der Waals surface area contributed by atoms with Crippen LogP contribution in [0.4, 0.5) is 0 Å². The third-order valence-corrected chi connectivity index (χ3v) is 6.00. The Bertz CT molecular complexity index is 531. The summed E-state index contributed by atoms with van der Waals surface area (Å²) in [6.07, 6.45) is 11.3. The molecule has 1 aromatic carbocycles. The molecule has 1 nitrogen and oxygen atoms in total. The van der Waals surface area contributed by atoms with Gasteiger partial charge in [0.2, 0.25) is 0 Å². The lowest BCUT2D eigenvalue weighted by atomic mass is 9.83. The Labute approximate surface area is 121 Å². The minimum Gasteiger partial charge on any atom is -0.294 e.